The fourth-order valence-electron chi connectivity index (χ4n) is 2.39. The van der Waals surface area contributed by atoms with Crippen LogP contribution in [0.1, 0.15) is 49.0 Å². The van der Waals surface area contributed by atoms with E-state index >= 15 is 0 Å². The van der Waals surface area contributed by atoms with Gasteiger partial charge in [-0.1, -0.05) is 20.3 Å². The van der Waals surface area contributed by atoms with Crippen LogP contribution in [-0.4, -0.2) is 37.8 Å². The summed E-state index contributed by atoms with van der Waals surface area (Å²) in [5, 5.41) is 6.46. The third-order valence-electron chi connectivity index (χ3n) is 4.05. The topological polar surface area (TPSA) is 89.0 Å². The Kier molecular flexibility index (Phi) is 9.92. The van der Waals surface area contributed by atoms with Crippen molar-refractivity contribution in [3.63, 3.8) is 0 Å². The van der Waals surface area contributed by atoms with Crippen LogP contribution >= 0.6 is 0 Å². The maximum absolute atomic E-state index is 12.1. The van der Waals surface area contributed by atoms with Gasteiger partial charge in [0.1, 0.15) is 11.5 Å². The molecule has 160 valence electrons. The first-order valence-electron chi connectivity index (χ1n) is 10.2. The molecule has 0 spiro atoms. The maximum Gasteiger partial charge on any atom is 0.259 e. The Morgan fingerprint density at radius 1 is 0.900 bits per heavy atom. The Morgan fingerprint density at radius 3 is 2.17 bits per heavy atom. The highest BCUT2D eigenvalue weighted by atomic mass is 16.5. The molecule has 2 rings (SSSR count). The van der Waals surface area contributed by atoms with Crippen LogP contribution in [0.4, 0.5) is 0 Å². The van der Waals surface area contributed by atoms with E-state index in [-0.39, 0.29) is 12.5 Å². The van der Waals surface area contributed by atoms with Crippen molar-refractivity contribution < 1.29 is 19.1 Å². The number of benzene rings is 2. The number of amides is 2. The van der Waals surface area contributed by atoms with Crippen molar-refractivity contribution >= 4 is 18.0 Å². The van der Waals surface area contributed by atoms with Crippen molar-refractivity contribution in [3.05, 3.63) is 59.7 Å². The van der Waals surface area contributed by atoms with Crippen molar-refractivity contribution in [2.24, 2.45) is 5.10 Å². The highest BCUT2D eigenvalue weighted by Crippen LogP contribution is 2.13. The number of hydrazone groups is 1. The van der Waals surface area contributed by atoms with E-state index in [4.69, 9.17) is 9.47 Å². The summed E-state index contributed by atoms with van der Waals surface area (Å²) in [6.07, 6.45) is 4.55. The van der Waals surface area contributed by atoms with Crippen LogP contribution in [0.5, 0.6) is 11.5 Å². The van der Waals surface area contributed by atoms with Crippen molar-refractivity contribution in [1.29, 1.82) is 0 Å². The average Bonchev–Trinajstić information content (AvgIpc) is 2.77. The molecule has 0 aliphatic carbocycles. The molecule has 0 fully saturated rings. The van der Waals surface area contributed by atoms with Crippen LogP contribution in [0.2, 0.25) is 0 Å². The number of nitrogens with zero attached hydrogens (tertiary/aromatic N) is 1. The number of rotatable bonds is 12. The molecule has 0 heterocycles. The second kappa shape index (κ2) is 13.0. The lowest BCUT2D eigenvalue weighted by molar-refractivity contribution is -0.120. The lowest BCUT2D eigenvalue weighted by atomic mass is 10.2. The smallest absolute Gasteiger partial charge is 0.259 e. The average molecular weight is 412 g/mol. The van der Waals surface area contributed by atoms with Gasteiger partial charge in [-0.05, 0) is 66.9 Å². The molecule has 2 aromatic rings. The second-order valence-corrected chi connectivity index (χ2v) is 6.62. The van der Waals surface area contributed by atoms with E-state index in [0.29, 0.717) is 24.5 Å². The Bertz CT molecular complexity index is 817. The van der Waals surface area contributed by atoms with Gasteiger partial charge < -0.3 is 14.8 Å². The quantitative estimate of drug-likeness (QED) is 0.318. The first-order chi connectivity index (χ1) is 14.6. The van der Waals surface area contributed by atoms with Gasteiger partial charge in [-0.25, -0.2) is 5.43 Å². The third kappa shape index (κ3) is 8.34. The minimum Gasteiger partial charge on any atom is -0.494 e. The fourth-order valence-corrected chi connectivity index (χ4v) is 2.39. The number of hydrogen-bond acceptors (Lipinski definition) is 5. The van der Waals surface area contributed by atoms with E-state index in [0.717, 1.165) is 30.6 Å². The fraction of sp³-hybridized carbons (Fsp3) is 0.348. The summed E-state index contributed by atoms with van der Waals surface area (Å²) < 4.78 is 11.1. The summed E-state index contributed by atoms with van der Waals surface area (Å²) in [5.74, 6) is 0.759. The molecule has 0 atom stereocenters. The number of unbranched alkanes of at least 4 members (excludes halogenated alkanes) is 1. The molecule has 0 aliphatic rings. The Hall–Kier alpha value is -3.35. The Labute approximate surface area is 177 Å². The predicted octanol–water partition coefficient (Wildman–Crippen LogP) is 3.53. The predicted molar refractivity (Wildman–Crippen MR) is 117 cm³/mol. The molecule has 0 aliphatic heterocycles. The van der Waals surface area contributed by atoms with Crippen LogP contribution in [0.3, 0.4) is 0 Å². The van der Waals surface area contributed by atoms with Crippen LogP contribution in [0.25, 0.3) is 0 Å². The molecule has 2 amide bonds. The lowest BCUT2D eigenvalue weighted by Gasteiger charge is -2.07. The summed E-state index contributed by atoms with van der Waals surface area (Å²) in [4.78, 5) is 24.0. The summed E-state index contributed by atoms with van der Waals surface area (Å²) in [6, 6.07) is 14.2. The second-order valence-electron chi connectivity index (χ2n) is 6.62. The number of ether oxygens (including phenoxy) is 2. The highest BCUT2D eigenvalue weighted by Gasteiger charge is 2.07. The summed E-state index contributed by atoms with van der Waals surface area (Å²) in [5.41, 5.74) is 3.67. The van der Waals surface area contributed by atoms with Crippen LogP contribution in [0.15, 0.2) is 53.6 Å². The van der Waals surface area contributed by atoms with Gasteiger partial charge in [-0.15, -0.1) is 0 Å². The van der Waals surface area contributed by atoms with Crippen LogP contribution in [0, 0.1) is 0 Å². The Balaban J connectivity index is 1.71. The molecule has 30 heavy (non-hydrogen) atoms. The first kappa shape index (κ1) is 22.9. The minimum absolute atomic E-state index is 0.172. The summed E-state index contributed by atoms with van der Waals surface area (Å²) in [6.45, 7) is 5.29. The standard InChI is InChI=1S/C23H29N3O4/c1-3-5-15-30-20-10-6-18(7-11-20)16-25-26-22(27)17-24-23(28)19-8-12-21(13-9-19)29-14-4-2/h6-13,16H,3-5,14-15,17H2,1-2H3,(H,24,28)(H,26,27)/b25-16-. The summed E-state index contributed by atoms with van der Waals surface area (Å²) >= 11 is 0. The van der Waals surface area contributed by atoms with Crippen molar-refractivity contribution in [3.8, 4) is 11.5 Å². The summed E-state index contributed by atoms with van der Waals surface area (Å²) in [7, 11) is 0. The Morgan fingerprint density at radius 2 is 1.53 bits per heavy atom. The molecule has 0 unspecified atom stereocenters. The van der Waals surface area contributed by atoms with E-state index in [1.165, 1.54) is 6.21 Å². The number of hydrogen-bond donors (Lipinski definition) is 2. The maximum atomic E-state index is 12.1. The zero-order valence-corrected chi connectivity index (χ0v) is 17.5. The van der Waals surface area contributed by atoms with Crippen molar-refractivity contribution in [2.45, 2.75) is 33.1 Å². The van der Waals surface area contributed by atoms with Crippen molar-refractivity contribution in [2.75, 3.05) is 19.8 Å². The van der Waals surface area contributed by atoms with E-state index in [2.05, 4.69) is 22.8 Å². The van der Waals surface area contributed by atoms with Crippen molar-refractivity contribution in [1.82, 2.24) is 10.7 Å². The van der Waals surface area contributed by atoms with Gasteiger partial charge in [-0.3, -0.25) is 9.59 Å². The normalized spacial score (nSPS) is 10.6. The molecular weight excluding hydrogens is 382 g/mol. The van der Waals surface area contributed by atoms with Crippen LogP contribution < -0.4 is 20.2 Å². The first-order valence-corrected chi connectivity index (χ1v) is 10.2. The van der Waals surface area contributed by atoms with Gasteiger partial charge >= 0.3 is 0 Å². The molecule has 0 radical (unpaired) electrons. The zero-order valence-electron chi connectivity index (χ0n) is 17.5. The van der Waals surface area contributed by atoms with E-state index in [9.17, 15) is 9.59 Å². The number of carbonyl (C=O) groups is 2. The van der Waals surface area contributed by atoms with Gasteiger partial charge in [-0.2, -0.15) is 5.10 Å². The van der Waals surface area contributed by atoms with Gasteiger partial charge in [0.05, 0.1) is 26.0 Å². The minimum atomic E-state index is -0.415. The lowest BCUT2D eigenvalue weighted by Crippen LogP contribution is -2.34. The molecule has 0 bridgehead atoms. The molecule has 0 saturated heterocycles. The SMILES string of the molecule is CCCCOc1ccc(/C=N\NC(=O)CNC(=O)c2ccc(OCCC)cc2)cc1. The van der Waals surface area contributed by atoms with Gasteiger partial charge in [0.25, 0.3) is 11.8 Å². The number of carbonyl (C=O) groups excluding carboxylic acids is 2. The largest absolute Gasteiger partial charge is 0.494 e. The van der Waals surface area contributed by atoms with Crippen LogP contribution in [-0.2, 0) is 4.79 Å². The monoisotopic (exact) mass is 411 g/mol. The molecule has 2 N–H and O–H groups in total. The highest BCUT2D eigenvalue weighted by molar-refractivity contribution is 5.96. The van der Waals surface area contributed by atoms with E-state index in [1.54, 1.807) is 24.3 Å². The van der Waals surface area contributed by atoms with Gasteiger partial charge in [0.2, 0.25) is 0 Å². The molecule has 2 aromatic carbocycles. The van der Waals surface area contributed by atoms with E-state index < -0.39 is 5.91 Å². The molecule has 0 aromatic heterocycles. The molecule has 7 nitrogen and oxygen atoms in total. The van der Waals surface area contributed by atoms with Gasteiger partial charge in [0.15, 0.2) is 0 Å². The zero-order chi connectivity index (χ0) is 21.6. The molecular formula is C23H29N3O4. The third-order valence-corrected chi connectivity index (χ3v) is 4.05. The molecule has 7 heteroatoms. The van der Waals surface area contributed by atoms with E-state index in [1.807, 2.05) is 31.2 Å². The number of nitrogens with one attached hydrogen (secondary N) is 2. The molecule has 0 saturated carbocycles. The van der Waals surface area contributed by atoms with Gasteiger partial charge in [0, 0.05) is 5.56 Å².